The lowest BCUT2D eigenvalue weighted by molar-refractivity contribution is 0.464. The second-order valence-corrected chi connectivity index (χ2v) is 4.81. The number of phenols is 1. The van der Waals surface area contributed by atoms with E-state index in [4.69, 9.17) is 0 Å². The summed E-state index contributed by atoms with van der Waals surface area (Å²) >= 11 is 0. The van der Waals surface area contributed by atoms with E-state index in [-0.39, 0.29) is 0 Å². The van der Waals surface area contributed by atoms with E-state index in [9.17, 15) is 5.11 Å². The third-order valence-electron chi connectivity index (χ3n) is 3.02. The van der Waals surface area contributed by atoms with Crippen molar-refractivity contribution < 1.29 is 5.11 Å². The predicted molar refractivity (Wildman–Crippen MR) is 76.1 cm³/mol. The molecule has 0 radical (unpaired) electrons. The third-order valence-corrected chi connectivity index (χ3v) is 3.02. The summed E-state index contributed by atoms with van der Waals surface area (Å²) in [5.41, 5.74) is 5.34. The van der Waals surface area contributed by atoms with Crippen molar-refractivity contribution in [1.29, 1.82) is 0 Å². The lowest BCUT2D eigenvalue weighted by Crippen LogP contribution is -2.01. The van der Waals surface area contributed by atoms with Crippen molar-refractivity contribution in [2.24, 2.45) is 0 Å². The average molecular weight is 241 g/mol. The Balaban J connectivity index is 2.15. The molecule has 0 aliphatic carbocycles. The van der Waals surface area contributed by atoms with Gasteiger partial charge < -0.3 is 10.4 Å². The van der Waals surface area contributed by atoms with Gasteiger partial charge in [-0.15, -0.1) is 0 Å². The Bertz CT molecular complexity index is 561. The molecule has 18 heavy (non-hydrogen) atoms. The maximum Gasteiger partial charge on any atom is 0.123 e. The zero-order valence-electron chi connectivity index (χ0n) is 11.1. The number of hydrogen-bond acceptors (Lipinski definition) is 2. The van der Waals surface area contributed by atoms with Gasteiger partial charge in [-0.25, -0.2) is 0 Å². The summed E-state index contributed by atoms with van der Waals surface area (Å²) in [5.74, 6) is 0.390. The summed E-state index contributed by atoms with van der Waals surface area (Å²) in [4.78, 5) is 0. The number of aryl methyl sites for hydroxylation is 3. The highest BCUT2D eigenvalue weighted by Crippen LogP contribution is 2.24. The monoisotopic (exact) mass is 241 g/mol. The molecule has 0 heterocycles. The van der Waals surface area contributed by atoms with E-state index >= 15 is 0 Å². The van der Waals surface area contributed by atoms with Gasteiger partial charge in [-0.3, -0.25) is 0 Å². The molecule has 0 saturated heterocycles. The molecule has 0 aliphatic rings. The molecule has 2 rings (SSSR count). The zero-order chi connectivity index (χ0) is 13.1. The summed E-state index contributed by atoms with van der Waals surface area (Å²) in [7, 11) is 0. The summed E-state index contributed by atoms with van der Waals surface area (Å²) in [6.45, 7) is 6.68. The van der Waals surface area contributed by atoms with Crippen LogP contribution < -0.4 is 5.32 Å². The standard InChI is InChI=1S/C16H19NO/c1-11-5-4-6-15(9-11)17-10-14-8-12(2)7-13(3)16(14)18/h4-9,17-18H,10H2,1-3H3. The first-order valence-corrected chi connectivity index (χ1v) is 6.16. The fourth-order valence-corrected chi connectivity index (χ4v) is 2.14. The summed E-state index contributed by atoms with van der Waals surface area (Å²) in [6.07, 6.45) is 0. The van der Waals surface area contributed by atoms with E-state index in [1.165, 1.54) is 11.1 Å². The van der Waals surface area contributed by atoms with Crippen LogP contribution in [-0.2, 0) is 6.54 Å². The molecule has 0 amide bonds. The molecule has 0 aliphatic heterocycles. The van der Waals surface area contributed by atoms with E-state index in [2.05, 4.69) is 24.4 Å². The second-order valence-electron chi connectivity index (χ2n) is 4.81. The van der Waals surface area contributed by atoms with Crippen LogP contribution in [0, 0.1) is 20.8 Å². The van der Waals surface area contributed by atoms with Gasteiger partial charge in [-0.2, -0.15) is 0 Å². The van der Waals surface area contributed by atoms with Crippen molar-refractivity contribution in [3.8, 4) is 5.75 Å². The molecule has 2 nitrogen and oxygen atoms in total. The number of rotatable bonds is 3. The Morgan fingerprint density at radius 3 is 2.50 bits per heavy atom. The molecule has 0 fully saturated rings. The Labute approximate surface area is 108 Å². The lowest BCUT2D eigenvalue weighted by atomic mass is 10.1. The molecule has 0 spiro atoms. The first kappa shape index (κ1) is 12.5. The zero-order valence-corrected chi connectivity index (χ0v) is 11.1. The van der Waals surface area contributed by atoms with Crippen molar-refractivity contribution in [3.05, 3.63) is 58.7 Å². The Kier molecular flexibility index (Phi) is 3.56. The summed E-state index contributed by atoms with van der Waals surface area (Å²) in [5, 5.41) is 13.4. The first-order valence-electron chi connectivity index (χ1n) is 6.16. The van der Waals surface area contributed by atoms with E-state index in [1.807, 2.05) is 38.1 Å². The lowest BCUT2D eigenvalue weighted by Gasteiger charge is -2.11. The number of phenolic OH excluding ortho intramolecular Hbond substituents is 1. The number of hydrogen-bond donors (Lipinski definition) is 2. The Hall–Kier alpha value is -1.96. The normalized spacial score (nSPS) is 10.4. The van der Waals surface area contributed by atoms with Crippen LogP contribution in [0.5, 0.6) is 5.75 Å². The van der Waals surface area contributed by atoms with E-state index in [0.29, 0.717) is 12.3 Å². The quantitative estimate of drug-likeness (QED) is 0.853. The second kappa shape index (κ2) is 5.13. The first-order chi connectivity index (χ1) is 8.56. The minimum Gasteiger partial charge on any atom is -0.507 e. The molecule has 0 atom stereocenters. The van der Waals surface area contributed by atoms with Crippen LogP contribution in [0.15, 0.2) is 36.4 Å². The maximum atomic E-state index is 10.0. The fourth-order valence-electron chi connectivity index (χ4n) is 2.14. The van der Waals surface area contributed by atoms with Crippen LogP contribution in [0.4, 0.5) is 5.69 Å². The minimum absolute atomic E-state index is 0.390. The molecular formula is C16H19NO. The van der Waals surface area contributed by atoms with E-state index < -0.39 is 0 Å². The molecule has 94 valence electrons. The third kappa shape index (κ3) is 2.83. The fraction of sp³-hybridized carbons (Fsp3) is 0.250. The molecular weight excluding hydrogens is 222 g/mol. The average Bonchev–Trinajstić information content (AvgIpc) is 2.32. The highest BCUT2D eigenvalue weighted by Gasteiger charge is 2.05. The summed E-state index contributed by atoms with van der Waals surface area (Å²) < 4.78 is 0. The van der Waals surface area contributed by atoms with Gasteiger partial charge in [0, 0.05) is 17.8 Å². The van der Waals surface area contributed by atoms with Crippen LogP contribution in [0.2, 0.25) is 0 Å². The molecule has 2 heteroatoms. The van der Waals surface area contributed by atoms with Gasteiger partial charge in [0.05, 0.1) is 0 Å². The predicted octanol–water partition coefficient (Wildman–Crippen LogP) is 3.93. The molecule has 2 N–H and O–H groups in total. The number of anilines is 1. The molecule has 0 unspecified atom stereocenters. The van der Waals surface area contributed by atoms with Gasteiger partial charge in [0.15, 0.2) is 0 Å². The van der Waals surface area contributed by atoms with Crippen molar-refractivity contribution >= 4 is 5.69 Å². The largest absolute Gasteiger partial charge is 0.507 e. The Morgan fingerprint density at radius 1 is 1.00 bits per heavy atom. The van der Waals surface area contributed by atoms with Crippen LogP contribution in [0.25, 0.3) is 0 Å². The molecule has 2 aromatic carbocycles. The molecule has 0 bridgehead atoms. The van der Waals surface area contributed by atoms with Crippen molar-refractivity contribution in [1.82, 2.24) is 0 Å². The van der Waals surface area contributed by atoms with Crippen LogP contribution in [0.1, 0.15) is 22.3 Å². The van der Waals surface area contributed by atoms with Gasteiger partial charge in [0.2, 0.25) is 0 Å². The highest BCUT2D eigenvalue weighted by molar-refractivity contribution is 5.49. The number of benzene rings is 2. The van der Waals surface area contributed by atoms with E-state index in [1.54, 1.807) is 0 Å². The Morgan fingerprint density at radius 2 is 1.78 bits per heavy atom. The SMILES string of the molecule is Cc1cccc(NCc2cc(C)cc(C)c2O)c1. The topological polar surface area (TPSA) is 32.3 Å². The smallest absolute Gasteiger partial charge is 0.123 e. The van der Waals surface area contributed by atoms with E-state index in [0.717, 1.165) is 16.8 Å². The van der Waals surface area contributed by atoms with Crippen molar-refractivity contribution in [2.45, 2.75) is 27.3 Å². The molecule has 0 aromatic heterocycles. The number of aromatic hydroxyl groups is 1. The van der Waals surface area contributed by atoms with Crippen molar-refractivity contribution in [3.63, 3.8) is 0 Å². The maximum absolute atomic E-state index is 10.0. The highest BCUT2D eigenvalue weighted by atomic mass is 16.3. The molecule has 2 aromatic rings. The van der Waals surface area contributed by atoms with Crippen LogP contribution in [-0.4, -0.2) is 5.11 Å². The van der Waals surface area contributed by atoms with Gasteiger partial charge in [0.25, 0.3) is 0 Å². The number of nitrogens with one attached hydrogen (secondary N) is 1. The van der Waals surface area contributed by atoms with Gasteiger partial charge >= 0.3 is 0 Å². The van der Waals surface area contributed by atoms with Crippen molar-refractivity contribution in [2.75, 3.05) is 5.32 Å². The van der Waals surface area contributed by atoms with Gasteiger partial charge in [0.1, 0.15) is 5.75 Å². The van der Waals surface area contributed by atoms with Crippen LogP contribution >= 0.6 is 0 Å². The van der Waals surface area contributed by atoms with Gasteiger partial charge in [-0.1, -0.05) is 29.8 Å². The minimum atomic E-state index is 0.390. The molecule has 0 saturated carbocycles. The van der Waals surface area contributed by atoms with Gasteiger partial charge in [-0.05, 0) is 44.0 Å². The summed E-state index contributed by atoms with van der Waals surface area (Å²) in [6, 6.07) is 12.2. The van der Waals surface area contributed by atoms with Crippen LogP contribution in [0.3, 0.4) is 0 Å².